The van der Waals surface area contributed by atoms with E-state index in [2.05, 4.69) is 13.8 Å². The summed E-state index contributed by atoms with van der Waals surface area (Å²) in [6, 6.07) is 0. The number of hydrogen-bond donors (Lipinski definition) is 0. The first kappa shape index (κ1) is 17.7. The number of carbonyl (C=O) groups is 1. The van der Waals surface area contributed by atoms with Gasteiger partial charge in [0.05, 0.1) is 24.7 Å². The fraction of sp³-hybridized carbons (Fsp3) is 0.938. The van der Waals surface area contributed by atoms with Gasteiger partial charge in [-0.05, 0) is 18.8 Å². The van der Waals surface area contributed by atoms with Gasteiger partial charge < -0.3 is 9.64 Å². The Bertz CT molecular complexity index is 490. The van der Waals surface area contributed by atoms with Gasteiger partial charge in [0.1, 0.15) is 5.60 Å². The lowest BCUT2D eigenvalue weighted by Gasteiger charge is -2.40. The summed E-state index contributed by atoms with van der Waals surface area (Å²) in [5.74, 6) is 0.855. The van der Waals surface area contributed by atoms with Crippen LogP contribution in [-0.4, -0.2) is 56.0 Å². The van der Waals surface area contributed by atoms with Crippen LogP contribution in [0.2, 0.25) is 0 Å². The number of unbranched alkanes of at least 4 members (excludes halogenated alkanes) is 1. The van der Waals surface area contributed by atoms with Gasteiger partial charge in [0.25, 0.3) is 0 Å². The van der Waals surface area contributed by atoms with Gasteiger partial charge in [0.15, 0.2) is 9.84 Å². The third-order valence-electron chi connectivity index (χ3n) is 4.96. The van der Waals surface area contributed by atoms with E-state index in [1.54, 1.807) is 0 Å². The predicted molar refractivity (Wildman–Crippen MR) is 86.5 cm³/mol. The van der Waals surface area contributed by atoms with E-state index < -0.39 is 15.4 Å². The third-order valence-corrected chi connectivity index (χ3v) is 6.75. The standard InChI is InChI=1S/C16H29NO4S/c1-3-5-6-14(4-2)11-15(18)17-8-9-21-16(12-17)7-10-22(19,20)13-16/h14H,3-13H2,1-2H3. The van der Waals surface area contributed by atoms with E-state index in [4.69, 9.17) is 4.74 Å². The molecule has 0 aromatic carbocycles. The molecule has 2 unspecified atom stereocenters. The summed E-state index contributed by atoms with van der Waals surface area (Å²) in [7, 11) is -3.01. The highest BCUT2D eigenvalue weighted by Gasteiger charge is 2.47. The van der Waals surface area contributed by atoms with Gasteiger partial charge in [0.2, 0.25) is 5.91 Å². The van der Waals surface area contributed by atoms with Gasteiger partial charge in [-0.1, -0.05) is 33.1 Å². The van der Waals surface area contributed by atoms with Crippen LogP contribution in [0.25, 0.3) is 0 Å². The van der Waals surface area contributed by atoms with E-state index in [-0.39, 0.29) is 17.4 Å². The van der Waals surface area contributed by atoms with Crippen molar-refractivity contribution in [1.29, 1.82) is 0 Å². The zero-order chi connectivity index (χ0) is 16.2. The number of sulfone groups is 1. The molecule has 2 atom stereocenters. The highest BCUT2D eigenvalue weighted by molar-refractivity contribution is 7.91. The molecule has 2 heterocycles. The molecule has 128 valence electrons. The number of morpholine rings is 1. The molecule has 2 saturated heterocycles. The Kier molecular flexibility index (Phi) is 5.88. The quantitative estimate of drug-likeness (QED) is 0.747. The Morgan fingerprint density at radius 2 is 2.14 bits per heavy atom. The minimum atomic E-state index is -3.01. The molecule has 2 aliphatic heterocycles. The van der Waals surface area contributed by atoms with Crippen molar-refractivity contribution in [3.63, 3.8) is 0 Å². The van der Waals surface area contributed by atoms with Crippen LogP contribution >= 0.6 is 0 Å². The minimum absolute atomic E-state index is 0.0663. The van der Waals surface area contributed by atoms with Crippen molar-refractivity contribution < 1.29 is 17.9 Å². The minimum Gasteiger partial charge on any atom is -0.370 e. The molecule has 2 rings (SSSR count). The largest absolute Gasteiger partial charge is 0.370 e. The second-order valence-electron chi connectivity index (χ2n) is 6.81. The summed E-state index contributed by atoms with van der Waals surface area (Å²) in [5.41, 5.74) is -0.641. The van der Waals surface area contributed by atoms with E-state index in [0.29, 0.717) is 38.5 Å². The number of ether oxygens (including phenoxy) is 1. The van der Waals surface area contributed by atoms with Crippen LogP contribution in [0.1, 0.15) is 52.4 Å². The fourth-order valence-electron chi connectivity index (χ4n) is 3.50. The summed E-state index contributed by atoms with van der Waals surface area (Å²) in [6.07, 6.45) is 5.55. The Balaban J connectivity index is 1.93. The summed E-state index contributed by atoms with van der Waals surface area (Å²) < 4.78 is 29.2. The van der Waals surface area contributed by atoms with Crippen molar-refractivity contribution in [3.05, 3.63) is 0 Å². The average Bonchev–Trinajstić information content (AvgIpc) is 2.77. The molecule has 0 aromatic heterocycles. The van der Waals surface area contributed by atoms with Crippen molar-refractivity contribution in [3.8, 4) is 0 Å². The highest BCUT2D eigenvalue weighted by Crippen LogP contribution is 2.31. The lowest BCUT2D eigenvalue weighted by molar-refractivity contribution is -0.148. The second-order valence-corrected chi connectivity index (χ2v) is 8.99. The Labute approximate surface area is 134 Å². The molecular formula is C16H29NO4S. The number of rotatable bonds is 6. The van der Waals surface area contributed by atoms with Gasteiger partial charge >= 0.3 is 0 Å². The number of nitrogens with zero attached hydrogens (tertiary/aromatic N) is 1. The highest BCUT2D eigenvalue weighted by atomic mass is 32.2. The van der Waals surface area contributed by atoms with Gasteiger partial charge in [-0.3, -0.25) is 4.79 Å². The monoisotopic (exact) mass is 331 g/mol. The molecule has 0 bridgehead atoms. The number of carbonyl (C=O) groups excluding carboxylic acids is 1. The van der Waals surface area contributed by atoms with Crippen molar-refractivity contribution in [1.82, 2.24) is 4.90 Å². The molecule has 22 heavy (non-hydrogen) atoms. The molecule has 6 heteroatoms. The lowest BCUT2D eigenvalue weighted by Crippen LogP contribution is -2.54. The Morgan fingerprint density at radius 1 is 1.36 bits per heavy atom. The fourth-order valence-corrected chi connectivity index (χ4v) is 5.45. The number of amides is 1. The van der Waals surface area contributed by atoms with Gasteiger partial charge in [-0.25, -0.2) is 8.42 Å². The zero-order valence-corrected chi connectivity index (χ0v) is 14.7. The second kappa shape index (κ2) is 7.30. The molecule has 1 spiro atoms. The summed E-state index contributed by atoms with van der Waals surface area (Å²) in [4.78, 5) is 14.4. The lowest BCUT2D eigenvalue weighted by atomic mass is 9.94. The first-order valence-corrected chi connectivity index (χ1v) is 10.3. The molecule has 0 N–H and O–H groups in total. The maximum Gasteiger partial charge on any atom is 0.223 e. The van der Waals surface area contributed by atoms with E-state index in [1.807, 2.05) is 4.90 Å². The predicted octanol–water partition coefficient (Wildman–Crippen LogP) is 2.01. The van der Waals surface area contributed by atoms with Gasteiger partial charge in [0, 0.05) is 13.0 Å². The smallest absolute Gasteiger partial charge is 0.223 e. The summed E-state index contributed by atoms with van der Waals surface area (Å²) in [6.45, 7) is 5.78. The zero-order valence-electron chi connectivity index (χ0n) is 13.8. The molecule has 0 saturated carbocycles. The molecule has 0 aromatic rings. The molecule has 0 aliphatic carbocycles. The van der Waals surface area contributed by atoms with E-state index in [1.165, 1.54) is 0 Å². The Morgan fingerprint density at radius 3 is 2.73 bits per heavy atom. The van der Waals surface area contributed by atoms with Crippen LogP contribution in [0.5, 0.6) is 0 Å². The van der Waals surface area contributed by atoms with Crippen LogP contribution in [0.3, 0.4) is 0 Å². The van der Waals surface area contributed by atoms with E-state index in [0.717, 1.165) is 25.7 Å². The van der Waals surface area contributed by atoms with Crippen molar-refractivity contribution in [2.24, 2.45) is 5.92 Å². The molecular weight excluding hydrogens is 302 g/mol. The van der Waals surface area contributed by atoms with Crippen LogP contribution in [0.15, 0.2) is 0 Å². The van der Waals surface area contributed by atoms with Gasteiger partial charge in [-0.15, -0.1) is 0 Å². The van der Waals surface area contributed by atoms with Crippen molar-refractivity contribution in [2.45, 2.75) is 58.0 Å². The molecule has 2 aliphatic rings. The first-order chi connectivity index (χ1) is 10.4. The maximum atomic E-state index is 12.6. The van der Waals surface area contributed by atoms with Crippen molar-refractivity contribution >= 4 is 15.7 Å². The van der Waals surface area contributed by atoms with Crippen molar-refractivity contribution in [2.75, 3.05) is 31.2 Å². The Hall–Kier alpha value is -0.620. The average molecular weight is 331 g/mol. The molecule has 0 radical (unpaired) electrons. The third kappa shape index (κ3) is 4.44. The topological polar surface area (TPSA) is 63.7 Å². The number of hydrogen-bond acceptors (Lipinski definition) is 4. The molecule has 1 amide bonds. The van der Waals surface area contributed by atoms with Crippen LogP contribution < -0.4 is 0 Å². The van der Waals surface area contributed by atoms with E-state index >= 15 is 0 Å². The van der Waals surface area contributed by atoms with E-state index in [9.17, 15) is 13.2 Å². The summed E-state index contributed by atoms with van der Waals surface area (Å²) >= 11 is 0. The maximum absolute atomic E-state index is 12.6. The van der Waals surface area contributed by atoms with Crippen LogP contribution in [0, 0.1) is 5.92 Å². The van der Waals surface area contributed by atoms with Crippen LogP contribution in [-0.2, 0) is 19.4 Å². The normalized spacial score (nSPS) is 28.9. The summed E-state index contributed by atoms with van der Waals surface area (Å²) in [5, 5.41) is 0. The molecule has 2 fully saturated rings. The first-order valence-electron chi connectivity index (χ1n) is 8.52. The van der Waals surface area contributed by atoms with Crippen LogP contribution in [0.4, 0.5) is 0 Å². The SMILES string of the molecule is CCCCC(CC)CC(=O)N1CCOC2(CCS(=O)(=O)C2)C1. The molecule has 5 nitrogen and oxygen atoms in total. The van der Waals surface area contributed by atoms with Gasteiger partial charge in [-0.2, -0.15) is 0 Å².